The molecule has 9 heteroatoms. The molecule has 1 atom stereocenters. The van der Waals surface area contributed by atoms with Gasteiger partial charge in [0.05, 0.1) is 22.5 Å². The van der Waals surface area contributed by atoms with Crippen molar-refractivity contribution in [2.75, 3.05) is 13.6 Å². The first kappa shape index (κ1) is 19.9. The third-order valence-electron chi connectivity index (χ3n) is 4.58. The van der Waals surface area contributed by atoms with Crippen LogP contribution in [0.2, 0.25) is 4.34 Å². The predicted molar refractivity (Wildman–Crippen MR) is 105 cm³/mol. The van der Waals surface area contributed by atoms with Crippen LogP contribution in [0.25, 0.3) is 0 Å². The third-order valence-corrected chi connectivity index (χ3v) is 5.80. The molecule has 1 aliphatic rings. The lowest BCUT2D eigenvalue weighted by atomic mass is 9.91. The molecule has 0 aliphatic carbocycles. The summed E-state index contributed by atoms with van der Waals surface area (Å²) in [6.07, 6.45) is 0. The Morgan fingerprint density at radius 1 is 1.36 bits per heavy atom. The summed E-state index contributed by atoms with van der Waals surface area (Å²) in [5.74, 6) is -0.906. The Balaban J connectivity index is 1.74. The largest absolute Gasteiger partial charge is 0.339 e. The number of nitriles is 1. The lowest BCUT2D eigenvalue weighted by molar-refractivity contribution is -0.138. The summed E-state index contributed by atoms with van der Waals surface area (Å²) in [7, 11) is 1.60. The Kier molecular flexibility index (Phi) is 5.40. The highest BCUT2D eigenvalue weighted by Crippen LogP contribution is 2.29. The molecule has 0 bridgehead atoms. The van der Waals surface area contributed by atoms with Crippen LogP contribution in [0.4, 0.5) is 4.79 Å². The van der Waals surface area contributed by atoms with Crippen LogP contribution in [0.1, 0.15) is 22.9 Å². The quantitative estimate of drug-likeness (QED) is 0.758. The molecule has 1 aliphatic heterocycles. The maximum Gasteiger partial charge on any atom is 0.325 e. The molecule has 7 nitrogen and oxygen atoms in total. The summed E-state index contributed by atoms with van der Waals surface area (Å²) in [6, 6.07) is 11.4. The molecular formula is C19H17ClN4O3S. The Morgan fingerprint density at radius 3 is 2.75 bits per heavy atom. The van der Waals surface area contributed by atoms with Gasteiger partial charge < -0.3 is 10.2 Å². The maximum absolute atomic E-state index is 12.9. The number of urea groups is 1. The molecule has 3 rings (SSSR count). The first-order valence-corrected chi connectivity index (χ1v) is 9.57. The highest BCUT2D eigenvalue weighted by atomic mass is 35.5. The van der Waals surface area contributed by atoms with Gasteiger partial charge in [-0.05, 0) is 36.8 Å². The molecule has 1 unspecified atom stereocenters. The van der Waals surface area contributed by atoms with E-state index in [-0.39, 0.29) is 12.5 Å². The summed E-state index contributed by atoms with van der Waals surface area (Å²) in [4.78, 5) is 41.1. The van der Waals surface area contributed by atoms with Crippen molar-refractivity contribution >= 4 is 40.8 Å². The molecule has 1 aromatic heterocycles. The average molecular weight is 417 g/mol. The van der Waals surface area contributed by atoms with Crippen LogP contribution >= 0.6 is 22.9 Å². The highest BCUT2D eigenvalue weighted by Gasteiger charge is 2.49. The van der Waals surface area contributed by atoms with E-state index in [9.17, 15) is 14.4 Å². The molecule has 2 aromatic rings. The van der Waals surface area contributed by atoms with Crippen LogP contribution in [-0.4, -0.2) is 41.2 Å². The van der Waals surface area contributed by atoms with Crippen molar-refractivity contribution in [2.45, 2.75) is 19.0 Å². The van der Waals surface area contributed by atoms with Gasteiger partial charge in [-0.15, -0.1) is 11.3 Å². The molecular weight excluding hydrogens is 400 g/mol. The summed E-state index contributed by atoms with van der Waals surface area (Å²) >= 11 is 7.26. The number of likely N-dealkylation sites (N-methyl/N-ethyl adjacent to an activating group) is 1. The van der Waals surface area contributed by atoms with Gasteiger partial charge in [-0.3, -0.25) is 14.5 Å². The molecule has 144 valence electrons. The fourth-order valence-electron chi connectivity index (χ4n) is 2.95. The predicted octanol–water partition coefficient (Wildman–Crippen LogP) is 2.70. The highest BCUT2D eigenvalue weighted by molar-refractivity contribution is 7.16. The van der Waals surface area contributed by atoms with Gasteiger partial charge in [0.15, 0.2) is 0 Å². The number of hydrogen-bond donors (Lipinski definition) is 1. The van der Waals surface area contributed by atoms with Gasteiger partial charge in [0, 0.05) is 11.9 Å². The monoisotopic (exact) mass is 416 g/mol. The molecule has 4 amide bonds. The Labute approximate surface area is 171 Å². The average Bonchev–Trinajstić information content (AvgIpc) is 3.18. The van der Waals surface area contributed by atoms with Gasteiger partial charge >= 0.3 is 6.03 Å². The molecule has 0 radical (unpaired) electrons. The number of hydrogen-bond acceptors (Lipinski definition) is 5. The number of halogens is 1. The van der Waals surface area contributed by atoms with Gasteiger partial charge in [0.1, 0.15) is 12.1 Å². The third kappa shape index (κ3) is 3.72. The standard InChI is InChI=1S/C19H17ClN4O3S/c1-19(13-5-3-4-12(8-13)9-21)17(26)24(18(27)22-19)11-16(25)23(2)10-14-6-7-15(20)28-14/h3-8H,10-11H2,1-2H3,(H,22,27). The van der Waals surface area contributed by atoms with E-state index in [0.717, 1.165) is 9.78 Å². The number of thiophene rings is 1. The second-order valence-corrected chi connectivity index (χ2v) is 8.39. The molecule has 1 aromatic carbocycles. The maximum atomic E-state index is 12.9. The lowest BCUT2D eigenvalue weighted by Gasteiger charge is -2.23. The number of carbonyl (C=O) groups excluding carboxylic acids is 3. The van der Waals surface area contributed by atoms with E-state index in [1.165, 1.54) is 16.2 Å². The van der Waals surface area contributed by atoms with E-state index in [4.69, 9.17) is 16.9 Å². The van der Waals surface area contributed by atoms with Crippen molar-refractivity contribution in [3.05, 3.63) is 56.7 Å². The van der Waals surface area contributed by atoms with E-state index in [2.05, 4.69) is 5.32 Å². The van der Waals surface area contributed by atoms with E-state index >= 15 is 0 Å². The first-order chi connectivity index (χ1) is 13.2. The molecule has 1 fully saturated rings. The van der Waals surface area contributed by atoms with Crippen molar-refractivity contribution in [2.24, 2.45) is 0 Å². The second-order valence-electron chi connectivity index (χ2n) is 6.59. The van der Waals surface area contributed by atoms with Crippen molar-refractivity contribution < 1.29 is 14.4 Å². The minimum absolute atomic E-state index is 0.335. The van der Waals surface area contributed by atoms with E-state index < -0.39 is 17.5 Å². The van der Waals surface area contributed by atoms with Gasteiger partial charge in [-0.1, -0.05) is 23.7 Å². The molecule has 0 spiro atoms. The van der Waals surface area contributed by atoms with E-state index in [1.807, 2.05) is 12.1 Å². The second kappa shape index (κ2) is 7.62. The van der Waals surface area contributed by atoms with Gasteiger partial charge in [0.25, 0.3) is 5.91 Å². The molecule has 2 heterocycles. The number of nitrogens with one attached hydrogen (secondary N) is 1. The number of benzene rings is 1. The zero-order valence-corrected chi connectivity index (χ0v) is 16.8. The number of carbonyl (C=O) groups is 3. The summed E-state index contributed by atoms with van der Waals surface area (Å²) in [5.41, 5.74) is -0.463. The van der Waals surface area contributed by atoms with Crippen LogP contribution in [0, 0.1) is 11.3 Å². The molecule has 1 N–H and O–H groups in total. The molecule has 0 saturated carbocycles. The zero-order valence-electron chi connectivity index (χ0n) is 15.2. The lowest BCUT2D eigenvalue weighted by Crippen LogP contribution is -2.43. The van der Waals surface area contributed by atoms with Gasteiger partial charge in [-0.25, -0.2) is 4.79 Å². The van der Waals surface area contributed by atoms with Gasteiger partial charge in [0.2, 0.25) is 5.91 Å². The van der Waals surface area contributed by atoms with Crippen molar-refractivity contribution in [1.29, 1.82) is 5.26 Å². The summed E-state index contributed by atoms with van der Waals surface area (Å²) in [5, 5.41) is 11.7. The van der Waals surface area contributed by atoms with Crippen molar-refractivity contribution in [3.8, 4) is 6.07 Å². The SMILES string of the molecule is CN(Cc1ccc(Cl)s1)C(=O)CN1C(=O)NC(C)(c2cccc(C#N)c2)C1=O. The summed E-state index contributed by atoms with van der Waals surface area (Å²) < 4.78 is 0.625. The topological polar surface area (TPSA) is 93.5 Å². The first-order valence-electron chi connectivity index (χ1n) is 8.37. The van der Waals surface area contributed by atoms with Crippen molar-refractivity contribution in [1.82, 2.24) is 15.1 Å². The van der Waals surface area contributed by atoms with Gasteiger partial charge in [-0.2, -0.15) is 5.26 Å². The van der Waals surface area contributed by atoms with Crippen LogP contribution in [0.15, 0.2) is 36.4 Å². The Bertz CT molecular complexity index is 999. The number of imide groups is 1. The van der Waals surface area contributed by atoms with Crippen LogP contribution in [0.3, 0.4) is 0 Å². The Morgan fingerprint density at radius 2 is 2.11 bits per heavy atom. The van der Waals surface area contributed by atoms with E-state index in [1.54, 1.807) is 44.3 Å². The zero-order chi connectivity index (χ0) is 20.5. The van der Waals surface area contributed by atoms with Crippen LogP contribution in [-0.2, 0) is 21.7 Å². The van der Waals surface area contributed by atoms with Crippen LogP contribution < -0.4 is 5.32 Å². The molecule has 28 heavy (non-hydrogen) atoms. The number of nitrogens with zero attached hydrogens (tertiary/aromatic N) is 3. The fourth-order valence-corrected chi connectivity index (χ4v) is 4.09. The number of rotatable bonds is 5. The number of amides is 4. The van der Waals surface area contributed by atoms with E-state index in [0.29, 0.717) is 22.0 Å². The Hall–Kier alpha value is -2.89. The van der Waals surface area contributed by atoms with Crippen LogP contribution in [0.5, 0.6) is 0 Å². The van der Waals surface area contributed by atoms with Crippen molar-refractivity contribution in [3.63, 3.8) is 0 Å². The smallest absolute Gasteiger partial charge is 0.325 e. The minimum atomic E-state index is -1.33. The normalized spacial score (nSPS) is 18.7. The fraction of sp³-hybridized carbons (Fsp3) is 0.263. The summed E-state index contributed by atoms with van der Waals surface area (Å²) in [6.45, 7) is 1.53. The molecule has 1 saturated heterocycles. The minimum Gasteiger partial charge on any atom is -0.339 e.